The maximum Gasteiger partial charge on any atom is 0.319 e. The highest BCUT2D eigenvalue weighted by Crippen LogP contribution is 2.17. The number of benzene rings is 1. The summed E-state index contributed by atoms with van der Waals surface area (Å²) in [5, 5.41) is 15.4. The SMILES string of the molecule is CC(O)c1cccc(NC(=O)NC(CN(C)C)C(C)C)c1. The van der Waals surface area contributed by atoms with E-state index in [1.807, 2.05) is 32.3 Å². The first-order valence-electron chi connectivity index (χ1n) is 7.30. The molecule has 1 aromatic rings. The van der Waals surface area contributed by atoms with Gasteiger partial charge < -0.3 is 20.6 Å². The highest BCUT2D eigenvalue weighted by atomic mass is 16.3. The van der Waals surface area contributed by atoms with Crippen molar-refractivity contribution >= 4 is 11.7 Å². The molecule has 0 aromatic heterocycles. The Morgan fingerprint density at radius 1 is 1.29 bits per heavy atom. The summed E-state index contributed by atoms with van der Waals surface area (Å²) in [6, 6.07) is 7.09. The highest BCUT2D eigenvalue weighted by molar-refractivity contribution is 5.89. The molecule has 0 aliphatic carbocycles. The number of carbonyl (C=O) groups is 1. The maximum absolute atomic E-state index is 12.1. The molecular weight excluding hydrogens is 266 g/mol. The molecule has 0 heterocycles. The van der Waals surface area contributed by atoms with Crippen LogP contribution in [0.5, 0.6) is 0 Å². The number of nitrogens with zero attached hydrogens (tertiary/aromatic N) is 1. The summed E-state index contributed by atoms with van der Waals surface area (Å²) >= 11 is 0. The molecule has 0 saturated heterocycles. The molecular formula is C16H27N3O2. The van der Waals surface area contributed by atoms with Crippen molar-refractivity contribution in [1.82, 2.24) is 10.2 Å². The maximum atomic E-state index is 12.1. The molecule has 2 atom stereocenters. The first kappa shape index (κ1) is 17.5. The molecule has 21 heavy (non-hydrogen) atoms. The lowest BCUT2D eigenvalue weighted by molar-refractivity contribution is 0.199. The van der Waals surface area contributed by atoms with Crippen molar-refractivity contribution in [2.24, 2.45) is 5.92 Å². The van der Waals surface area contributed by atoms with E-state index >= 15 is 0 Å². The molecule has 1 rings (SSSR count). The molecule has 0 saturated carbocycles. The average molecular weight is 293 g/mol. The molecule has 0 radical (unpaired) electrons. The Morgan fingerprint density at radius 2 is 1.95 bits per heavy atom. The molecule has 5 heteroatoms. The van der Waals surface area contributed by atoms with Crippen molar-refractivity contribution in [1.29, 1.82) is 0 Å². The lowest BCUT2D eigenvalue weighted by Gasteiger charge is -2.25. The van der Waals surface area contributed by atoms with Gasteiger partial charge in [0.1, 0.15) is 0 Å². The van der Waals surface area contributed by atoms with Crippen molar-refractivity contribution in [3.63, 3.8) is 0 Å². The molecule has 118 valence electrons. The number of amides is 2. The largest absolute Gasteiger partial charge is 0.389 e. The summed E-state index contributed by atoms with van der Waals surface area (Å²) in [5.74, 6) is 0.349. The monoisotopic (exact) mass is 293 g/mol. The number of aliphatic hydroxyl groups excluding tert-OH is 1. The summed E-state index contributed by atoms with van der Waals surface area (Å²) < 4.78 is 0. The molecule has 0 fully saturated rings. The van der Waals surface area contributed by atoms with E-state index in [4.69, 9.17) is 0 Å². The van der Waals surface area contributed by atoms with E-state index in [0.29, 0.717) is 11.6 Å². The van der Waals surface area contributed by atoms with Gasteiger partial charge in [-0.1, -0.05) is 26.0 Å². The minimum atomic E-state index is -0.549. The zero-order valence-electron chi connectivity index (χ0n) is 13.6. The van der Waals surface area contributed by atoms with Gasteiger partial charge in [-0.3, -0.25) is 0 Å². The summed E-state index contributed by atoms with van der Waals surface area (Å²) in [7, 11) is 3.97. The van der Waals surface area contributed by atoms with Gasteiger partial charge in [-0.15, -0.1) is 0 Å². The van der Waals surface area contributed by atoms with Crippen LogP contribution in [0.3, 0.4) is 0 Å². The fraction of sp³-hybridized carbons (Fsp3) is 0.562. The van der Waals surface area contributed by atoms with Gasteiger partial charge in [0.05, 0.1) is 6.10 Å². The Balaban J connectivity index is 2.65. The van der Waals surface area contributed by atoms with Crippen LogP contribution in [0, 0.1) is 5.92 Å². The zero-order valence-corrected chi connectivity index (χ0v) is 13.6. The molecule has 1 aromatic carbocycles. The van der Waals surface area contributed by atoms with Crippen LogP contribution in [-0.4, -0.2) is 42.7 Å². The minimum Gasteiger partial charge on any atom is -0.389 e. The molecule has 0 spiro atoms. The van der Waals surface area contributed by atoms with Crippen LogP contribution in [0.2, 0.25) is 0 Å². The van der Waals surface area contributed by atoms with Crippen LogP contribution in [0.15, 0.2) is 24.3 Å². The predicted octanol–water partition coefficient (Wildman–Crippen LogP) is 2.45. The third-order valence-corrected chi connectivity index (χ3v) is 3.31. The first-order valence-corrected chi connectivity index (χ1v) is 7.30. The number of hydrogen-bond acceptors (Lipinski definition) is 3. The summed E-state index contributed by atoms with van der Waals surface area (Å²) in [6.45, 7) is 6.66. The van der Waals surface area contributed by atoms with E-state index < -0.39 is 6.10 Å². The zero-order chi connectivity index (χ0) is 16.0. The Morgan fingerprint density at radius 3 is 2.48 bits per heavy atom. The van der Waals surface area contributed by atoms with Crippen LogP contribution in [0.4, 0.5) is 10.5 Å². The van der Waals surface area contributed by atoms with Crippen molar-refractivity contribution < 1.29 is 9.90 Å². The van der Waals surface area contributed by atoms with Gasteiger partial charge in [0, 0.05) is 18.3 Å². The van der Waals surface area contributed by atoms with Gasteiger partial charge >= 0.3 is 6.03 Å². The molecule has 3 N–H and O–H groups in total. The van der Waals surface area contributed by atoms with E-state index in [9.17, 15) is 9.90 Å². The minimum absolute atomic E-state index is 0.0833. The van der Waals surface area contributed by atoms with E-state index in [-0.39, 0.29) is 12.1 Å². The third-order valence-electron chi connectivity index (χ3n) is 3.31. The number of anilines is 1. The average Bonchev–Trinajstić information content (AvgIpc) is 2.37. The molecule has 2 unspecified atom stereocenters. The highest BCUT2D eigenvalue weighted by Gasteiger charge is 2.17. The van der Waals surface area contributed by atoms with E-state index in [0.717, 1.165) is 12.1 Å². The normalized spacial score (nSPS) is 14.1. The van der Waals surface area contributed by atoms with Gasteiger partial charge in [-0.05, 0) is 44.6 Å². The number of likely N-dealkylation sites (N-methyl/N-ethyl adjacent to an activating group) is 1. The molecule has 0 aliphatic heterocycles. The second-order valence-electron chi connectivity index (χ2n) is 6.01. The van der Waals surface area contributed by atoms with Crippen LogP contribution >= 0.6 is 0 Å². The van der Waals surface area contributed by atoms with E-state index in [1.165, 1.54) is 0 Å². The van der Waals surface area contributed by atoms with Crippen molar-refractivity contribution in [2.75, 3.05) is 26.0 Å². The Kier molecular flexibility index (Phi) is 6.65. The van der Waals surface area contributed by atoms with Crippen molar-refractivity contribution in [2.45, 2.75) is 32.9 Å². The second kappa shape index (κ2) is 8.00. The number of carbonyl (C=O) groups excluding carboxylic acids is 1. The fourth-order valence-electron chi connectivity index (χ4n) is 2.03. The fourth-order valence-corrected chi connectivity index (χ4v) is 2.03. The Labute approximate surface area is 127 Å². The topological polar surface area (TPSA) is 64.6 Å². The predicted molar refractivity (Wildman–Crippen MR) is 86.4 cm³/mol. The lowest BCUT2D eigenvalue weighted by Crippen LogP contribution is -2.46. The van der Waals surface area contributed by atoms with Crippen molar-refractivity contribution in [3.05, 3.63) is 29.8 Å². The molecule has 0 bridgehead atoms. The van der Waals surface area contributed by atoms with Crippen molar-refractivity contribution in [3.8, 4) is 0 Å². The van der Waals surface area contributed by atoms with Crippen LogP contribution in [0.1, 0.15) is 32.4 Å². The molecule has 0 aliphatic rings. The summed E-state index contributed by atoms with van der Waals surface area (Å²) in [4.78, 5) is 14.1. The van der Waals surface area contributed by atoms with Gasteiger partial charge in [0.2, 0.25) is 0 Å². The van der Waals surface area contributed by atoms with E-state index in [1.54, 1.807) is 13.0 Å². The Hall–Kier alpha value is -1.59. The number of rotatable bonds is 6. The van der Waals surface area contributed by atoms with Gasteiger partial charge in [0.25, 0.3) is 0 Å². The number of aliphatic hydroxyl groups is 1. The molecule has 2 amide bonds. The summed E-state index contributed by atoms with van der Waals surface area (Å²) in [6.07, 6.45) is -0.549. The standard InChI is InChI=1S/C16H27N3O2/c1-11(2)15(10-19(4)5)18-16(21)17-14-8-6-7-13(9-14)12(3)20/h6-9,11-12,15,20H,10H2,1-5H3,(H2,17,18,21). The number of hydrogen-bond donors (Lipinski definition) is 3. The Bertz CT molecular complexity index is 459. The van der Waals surface area contributed by atoms with E-state index in [2.05, 4.69) is 29.4 Å². The first-order chi connectivity index (χ1) is 9.79. The van der Waals surface area contributed by atoms with Crippen LogP contribution < -0.4 is 10.6 Å². The third kappa shape index (κ3) is 6.14. The number of urea groups is 1. The number of nitrogens with one attached hydrogen (secondary N) is 2. The van der Waals surface area contributed by atoms with Crippen LogP contribution in [0.25, 0.3) is 0 Å². The lowest BCUT2D eigenvalue weighted by atomic mass is 10.0. The van der Waals surface area contributed by atoms with Gasteiger partial charge in [0.15, 0.2) is 0 Å². The smallest absolute Gasteiger partial charge is 0.319 e. The van der Waals surface area contributed by atoms with Gasteiger partial charge in [-0.25, -0.2) is 4.79 Å². The summed E-state index contributed by atoms with van der Waals surface area (Å²) in [5.41, 5.74) is 1.46. The quantitative estimate of drug-likeness (QED) is 0.755. The van der Waals surface area contributed by atoms with Gasteiger partial charge in [-0.2, -0.15) is 0 Å². The molecule has 5 nitrogen and oxygen atoms in total. The second-order valence-corrected chi connectivity index (χ2v) is 6.01. The van der Waals surface area contributed by atoms with Crippen LogP contribution in [-0.2, 0) is 0 Å².